The molecule has 0 radical (unpaired) electrons. The van der Waals surface area contributed by atoms with Crippen molar-refractivity contribution in [2.24, 2.45) is 0 Å². The molecule has 3 rings (SSSR count). The number of carbonyl (C=O) groups is 2. The standard InChI is InChI=1S/C25H21NO4/c1-3-24(27)29-18-19-10-12-21(13-11-19)26(20-8-6-5-7-9-20)22-14-16-23(17-15-22)30-25(28)4-2/h3-17H,1-2,18H2. The quantitative estimate of drug-likeness (QED) is 0.285. The van der Waals surface area contributed by atoms with Gasteiger partial charge in [-0.2, -0.15) is 0 Å². The van der Waals surface area contributed by atoms with E-state index >= 15 is 0 Å². The van der Waals surface area contributed by atoms with Crippen LogP contribution in [-0.2, 0) is 20.9 Å². The lowest BCUT2D eigenvalue weighted by molar-refractivity contribution is -0.139. The molecular formula is C25H21NO4. The number of hydrogen-bond donors (Lipinski definition) is 0. The molecule has 0 aromatic heterocycles. The van der Waals surface area contributed by atoms with E-state index in [2.05, 4.69) is 18.1 Å². The molecule has 0 aliphatic heterocycles. The van der Waals surface area contributed by atoms with Crippen LogP contribution in [0.4, 0.5) is 17.1 Å². The van der Waals surface area contributed by atoms with Gasteiger partial charge in [0.15, 0.2) is 0 Å². The smallest absolute Gasteiger partial charge is 0.335 e. The summed E-state index contributed by atoms with van der Waals surface area (Å²) in [4.78, 5) is 24.7. The maximum absolute atomic E-state index is 11.4. The van der Waals surface area contributed by atoms with Gasteiger partial charge in [-0.15, -0.1) is 0 Å². The van der Waals surface area contributed by atoms with Crippen molar-refractivity contribution in [1.82, 2.24) is 0 Å². The SMILES string of the molecule is C=CC(=O)OCc1ccc(N(c2ccccc2)c2ccc(OC(=O)C=C)cc2)cc1. The molecule has 0 saturated carbocycles. The summed E-state index contributed by atoms with van der Waals surface area (Å²) in [7, 11) is 0. The van der Waals surface area contributed by atoms with E-state index < -0.39 is 11.9 Å². The highest BCUT2D eigenvalue weighted by Gasteiger charge is 2.13. The van der Waals surface area contributed by atoms with Gasteiger partial charge in [-0.25, -0.2) is 9.59 Å². The Balaban J connectivity index is 1.88. The van der Waals surface area contributed by atoms with Crippen LogP contribution in [0.25, 0.3) is 0 Å². The number of rotatable bonds is 8. The molecule has 3 aromatic carbocycles. The molecule has 0 saturated heterocycles. The van der Waals surface area contributed by atoms with Crippen LogP contribution < -0.4 is 9.64 Å². The van der Waals surface area contributed by atoms with Crippen molar-refractivity contribution in [3.05, 3.63) is 110 Å². The molecule has 30 heavy (non-hydrogen) atoms. The zero-order valence-corrected chi connectivity index (χ0v) is 16.4. The van der Waals surface area contributed by atoms with Crippen LogP contribution >= 0.6 is 0 Å². The van der Waals surface area contributed by atoms with Crippen LogP contribution in [-0.4, -0.2) is 11.9 Å². The van der Waals surface area contributed by atoms with E-state index in [4.69, 9.17) is 9.47 Å². The molecular weight excluding hydrogens is 378 g/mol. The molecule has 0 bridgehead atoms. The minimum atomic E-state index is -0.504. The highest BCUT2D eigenvalue weighted by molar-refractivity contribution is 5.83. The second-order valence-electron chi connectivity index (χ2n) is 6.27. The van der Waals surface area contributed by atoms with Gasteiger partial charge in [0.25, 0.3) is 0 Å². The summed E-state index contributed by atoms with van der Waals surface area (Å²) >= 11 is 0. The van der Waals surface area contributed by atoms with Gasteiger partial charge in [0.2, 0.25) is 0 Å². The summed E-state index contributed by atoms with van der Waals surface area (Å²) in [5, 5.41) is 0. The van der Waals surface area contributed by atoms with Gasteiger partial charge in [0, 0.05) is 29.2 Å². The minimum absolute atomic E-state index is 0.180. The molecule has 0 N–H and O–H groups in total. The van der Waals surface area contributed by atoms with E-state index in [-0.39, 0.29) is 6.61 Å². The zero-order valence-electron chi connectivity index (χ0n) is 16.4. The van der Waals surface area contributed by atoms with Crippen LogP contribution in [0, 0.1) is 0 Å². The fourth-order valence-electron chi connectivity index (χ4n) is 2.80. The Morgan fingerprint density at radius 3 is 1.83 bits per heavy atom. The molecule has 150 valence electrons. The summed E-state index contributed by atoms with van der Waals surface area (Å²) in [6.45, 7) is 6.97. The highest BCUT2D eigenvalue weighted by atomic mass is 16.5. The number of anilines is 3. The van der Waals surface area contributed by atoms with Gasteiger partial charge in [0.1, 0.15) is 12.4 Å². The molecule has 0 spiro atoms. The lowest BCUT2D eigenvalue weighted by Gasteiger charge is -2.25. The van der Waals surface area contributed by atoms with E-state index in [1.165, 1.54) is 0 Å². The van der Waals surface area contributed by atoms with Gasteiger partial charge in [-0.1, -0.05) is 43.5 Å². The summed E-state index contributed by atoms with van der Waals surface area (Å²) in [5.74, 6) is -0.520. The third-order valence-electron chi connectivity index (χ3n) is 4.24. The molecule has 0 unspecified atom stereocenters. The van der Waals surface area contributed by atoms with Gasteiger partial charge >= 0.3 is 11.9 Å². The van der Waals surface area contributed by atoms with Crippen molar-refractivity contribution < 1.29 is 19.1 Å². The van der Waals surface area contributed by atoms with Crippen molar-refractivity contribution in [3.8, 4) is 5.75 Å². The highest BCUT2D eigenvalue weighted by Crippen LogP contribution is 2.35. The normalized spacial score (nSPS) is 10.0. The molecule has 0 heterocycles. The maximum atomic E-state index is 11.4. The Morgan fingerprint density at radius 2 is 1.27 bits per heavy atom. The summed E-state index contributed by atoms with van der Waals surface area (Å²) in [6.07, 6.45) is 2.26. The predicted octanol–water partition coefficient (Wildman–Crippen LogP) is 5.48. The lowest BCUT2D eigenvalue weighted by Crippen LogP contribution is -2.10. The molecule has 0 aliphatic rings. The zero-order chi connectivity index (χ0) is 21.3. The monoisotopic (exact) mass is 399 g/mol. The molecule has 0 aliphatic carbocycles. The molecule has 0 fully saturated rings. The first-order valence-corrected chi connectivity index (χ1v) is 9.28. The Kier molecular flexibility index (Phi) is 6.79. The topological polar surface area (TPSA) is 55.8 Å². The van der Waals surface area contributed by atoms with Crippen LogP contribution in [0.2, 0.25) is 0 Å². The van der Waals surface area contributed by atoms with E-state index in [1.54, 1.807) is 12.1 Å². The number of hydrogen-bond acceptors (Lipinski definition) is 5. The van der Waals surface area contributed by atoms with Crippen molar-refractivity contribution in [2.45, 2.75) is 6.61 Å². The first-order valence-electron chi connectivity index (χ1n) is 9.28. The van der Waals surface area contributed by atoms with Crippen LogP contribution in [0.1, 0.15) is 5.56 Å². The minimum Gasteiger partial charge on any atom is -0.458 e. The summed E-state index contributed by atoms with van der Waals surface area (Å²) in [5.41, 5.74) is 3.66. The van der Waals surface area contributed by atoms with Crippen molar-refractivity contribution in [1.29, 1.82) is 0 Å². The fourth-order valence-corrected chi connectivity index (χ4v) is 2.80. The van der Waals surface area contributed by atoms with Gasteiger partial charge in [0.05, 0.1) is 0 Å². The van der Waals surface area contributed by atoms with Crippen LogP contribution in [0.5, 0.6) is 5.75 Å². The fraction of sp³-hybridized carbons (Fsp3) is 0.0400. The van der Waals surface area contributed by atoms with Crippen molar-refractivity contribution in [3.63, 3.8) is 0 Å². The van der Waals surface area contributed by atoms with Gasteiger partial charge in [-0.05, 0) is 54.1 Å². The predicted molar refractivity (Wildman–Crippen MR) is 117 cm³/mol. The van der Waals surface area contributed by atoms with E-state index in [9.17, 15) is 9.59 Å². The molecule has 5 heteroatoms. The Morgan fingerprint density at radius 1 is 0.733 bits per heavy atom. The van der Waals surface area contributed by atoms with E-state index in [0.717, 1.165) is 34.8 Å². The number of nitrogens with zero attached hydrogens (tertiary/aromatic N) is 1. The molecule has 5 nitrogen and oxygen atoms in total. The molecule has 0 amide bonds. The number of esters is 2. The Labute approximate surface area is 175 Å². The molecule has 3 aromatic rings. The Bertz CT molecular complexity index is 1030. The number of benzene rings is 3. The van der Waals surface area contributed by atoms with Gasteiger partial charge < -0.3 is 14.4 Å². The number of para-hydroxylation sites is 1. The first kappa shape index (κ1) is 20.6. The number of ether oxygens (including phenoxy) is 2. The average molecular weight is 399 g/mol. The Hall–Kier alpha value is -4.12. The second-order valence-corrected chi connectivity index (χ2v) is 6.27. The second kappa shape index (κ2) is 9.89. The first-order chi connectivity index (χ1) is 14.6. The lowest BCUT2D eigenvalue weighted by atomic mass is 10.1. The third kappa shape index (κ3) is 5.23. The van der Waals surface area contributed by atoms with Crippen molar-refractivity contribution >= 4 is 29.0 Å². The van der Waals surface area contributed by atoms with Crippen LogP contribution in [0.15, 0.2) is 104 Å². The largest absolute Gasteiger partial charge is 0.458 e. The molecule has 0 atom stereocenters. The third-order valence-corrected chi connectivity index (χ3v) is 4.24. The maximum Gasteiger partial charge on any atom is 0.335 e. The summed E-state index contributed by atoms with van der Waals surface area (Å²) in [6, 6.07) is 24.8. The van der Waals surface area contributed by atoms with Crippen LogP contribution in [0.3, 0.4) is 0 Å². The number of carbonyl (C=O) groups excluding carboxylic acids is 2. The summed E-state index contributed by atoms with van der Waals surface area (Å²) < 4.78 is 10.2. The van der Waals surface area contributed by atoms with E-state index in [1.807, 2.05) is 66.7 Å². The van der Waals surface area contributed by atoms with E-state index in [0.29, 0.717) is 5.75 Å². The average Bonchev–Trinajstić information content (AvgIpc) is 2.80. The van der Waals surface area contributed by atoms with Crippen molar-refractivity contribution in [2.75, 3.05) is 4.90 Å². The van der Waals surface area contributed by atoms with Gasteiger partial charge in [-0.3, -0.25) is 0 Å².